The van der Waals surface area contributed by atoms with Crippen molar-refractivity contribution in [3.8, 4) is 5.75 Å². The fourth-order valence-corrected chi connectivity index (χ4v) is 2.04. The number of hydrogen-bond acceptors (Lipinski definition) is 2. The highest BCUT2D eigenvalue weighted by Crippen LogP contribution is 2.30. The van der Waals surface area contributed by atoms with Gasteiger partial charge in [0.2, 0.25) is 5.91 Å². The maximum Gasteiger partial charge on any atom is 0.220 e. The number of nitrogens with one attached hydrogen (secondary N) is 1. The molecule has 1 amide bonds. The molecule has 2 rings (SSSR count). The van der Waals surface area contributed by atoms with Crippen LogP contribution in [0.3, 0.4) is 0 Å². The summed E-state index contributed by atoms with van der Waals surface area (Å²) in [5, 5.41) is 2.71. The molecule has 0 aromatic heterocycles. The summed E-state index contributed by atoms with van der Waals surface area (Å²) in [5.74, 6) is 0.164. The number of hydrogen-bond donors (Lipinski definition) is 1. The third-order valence-corrected chi connectivity index (χ3v) is 2.93. The van der Waals surface area contributed by atoms with Crippen LogP contribution in [0, 0.1) is 12.7 Å². The molecule has 4 heteroatoms. The van der Waals surface area contributed by atoms with E-state index in [1.54, 1.807) is 6.07 Å². The van der Waals surface area contributed by atoms with E-state index in [-0.39, 0.29) is 17.6 Å². The van der Waals surface area contributed by atoms with Gasteiger partial charge in [0, 0.05) is 24.9 Å². The summed E-state index contributed by atoms with van der Waals surface area (Å²) in [7, 11) is 1.52. The Balaban J connectivity index is 2.34. The number of ether oxygens (including phenoxy) is 1. The Morgan fingerprint density at radius 2 is 2.25 bits per heavy atom. The van der Waals surface area contributed by atoms with Gasteiger partial charge in [0.05, 0.1) is 7.11 Å². The number of amides is 1. The number of methoxy groups -OCH3 is 1. The molecule has 16 heavy (non-hydrogen) atoms. The van der Waals surface area contributed by atoms with Crippen LogP contribution in [-0.2, 0) is 4.79 Å². The van der Waals surface area contributed by atoms with Crippen LogP contribution in [0.4, 0.5) is 4.39 Å². The minimum atomic E-state index is -0.302. The molecule has 1 aliphatic rings. The van der Waals surface area contributed by atoms with Crippen molar-refractivity contribution >= 4 is 5.91 Å². The molecule has 3 nitrogen and oxygen atoms in total. The third-order valence-electron chi connectivity index (χ3n) is 2.93. The van der Waals surface area contributed by atoms with E-state index in [9.17, 15) is 9.18 Å². The zero-order chi connectivity index (χ0) is 11.7. The summed E-state index contributed by atoms with van der Waals surface area (Å²) < 4.78 is 18.8. The maximum atomic E-state index is 13.8. The largest absolute Gasteiger partial charge is 0.496 e. The zero-order valence-corrected chi connectivity index (χ0v) is 9.34. The van der Waals surface area contributed by atoms with Crippen molar-refractivity contribution in [2.24, 2.45) is 0 Å². The Hall–Kier alpha value is -1.58. The summed E-state index contributed by atoms with van der Waals surface area (Å²) in [6, 6.07) is 3.15. The van der Waals surface area contributed by atoms with Gasteiger partial charge in [-0.3, -0.25) is 4.79 Å². The SMILES string of the molecule is COc1cc(F)c(C2CNC(=O)C2)cc1C. The highest BCUT2D eigenvalue weighted by atomic mass is 19.1. The van der Waals surface area contributed by atoms with Crippen molar-refractivity contribution in [1.29, 1.82) is 0 Å². The van der Waals surface area contributed by atoms with Crippen molar-refractivity contribution < 1.29 is 13.9 Å². The van der Waals surface area contributed by atoms with E-state index in [0.29, 0.717) is 24.3 Å². The molecule has 1 N–H and O–H groups in total. The molecule has 1 atom stereocenters. The van der Waals surface area contributed by atoms with E-state index in [1.165, 1.54) is 13.2 Å². The van der Waals surface area contributed by atoms with Crippen molar-refractivity contribution in [2.75, 3.05) is 13.7 Å². The first-order valence-electron chi connectivity index (χ1n) is 5.22. The van der Waals surface area contributed by atoms with Crippen LogP contribution in [0.1, 0.15) is 23.5 Å². The topological polar surface area (TPSA) is 38.3 Å². The molecule has 1 unspecified atom stereocenters. The molecular formula is C12H14FNO2. The summed E-state index contributed by atoms with van der Waals surface area (Å²) in [5.41, 5.74) is 1.48. The zero-order valence-electron chi connectivity index (χ0n) is 9.34. The van der Waals surface area contributed by atoms with Gasteiger partial charge >= 0.3 is 0 Å². The second-order valence-electron chi connectivity index (χ2n) is 4.05. The summed E-state index contributed by atoms with van der Waals surface area (Å²) in [6.07, 6.45) is 0.364. The predicted molar refractivity (Wildman–Crippen MR) is 58.1 cm³/mol. The molecule has 0 aliphatic carbocycles. The number of carbonyl (C=O) groups is 1. The average Bonchev–Trinajstić information content (AvgIpc) is 2.67. The van der Waals surface area contributed by atoms with Gasteiger partial charge in [-0.25, -0.2) is 4.39 Å². The van der Waals surface area contributed by atoms with Crippen LogP contribution >= 0.6 is 0 Å². The van der Waals surface area contributed by atoms with Crippen LogP contribution in [-0.4, -0.2) is 19.6 Å². The van der Waals surface area contributed by atoms with Crippen LogP contribution in [0.5, 0.6) is 5.75 Å². The predicted octanol–water partition coefficient (Wildman–Crippen LogP) is 1.75. The second kappa shape index (κ2) is 4.12. The first-order chi connectivity index (χ1) is 7.61. The van der Waals surface area contributed by atoms with Crippen LogP contribution < -0.4 is 10.1 Å². The van der Waals surface area contributed by atoms with Gasteiger partial charge in [-0.05, 0) is 24.1 Å². The first kappa shape index (κ1) is 10.9. The Morgan fingerprint density at radius 1 is 1.50 bits per heavy atom. The van der Waals surface area contributed by atoms with Gasteiger partial charge in [0.15, 0.2) is 0 Å². The molecule has 1 aromatic rings. The Bertz CT molecular complexity index is 431. The molecule has 1 fully saturated rings. The van der Waals surface area contributed by atoms with Crippen molar-refractivity contribution in [1.82, 2.24) is 5.32 Å². The highest BCUT2D eigenvalue weighted by Gasteiger charge is 2.26. The fourth-order valence-electron chi connectivity index (χ4n) is 2.04. The highest BCUT2D eigenvalue weighted by molar-refractivity contribution is 5.79. The van der Waals surface area contributed by atoms with E-state index >= 15 is 0 Å². The van der Waals surface area contributed by atoms with Crippen LogP contribution in [0.25, 0.3) is 0 Å². The summed E-state index contributed by atoms with van der Waals surface area (Å²) in [4.78, 5) is 11.1. The molecular weight excluding hydrogens is 209 g/mol. The molecule has 1 aromatic carbocycles. The van der Waals surface area contributed by atoms with E-state index in [1.807, 2.05) is 6.92 Å². The molecule has 0 radical (unpaired) electrons. The van der Waals surface area contributed by atoms with E-state index in [2.05, 4.69) is 5.32 Å². The van der Waals surface area contributed by atoms with Crippen molar-refractivity contribution in [3.05, 3.63) is 29.1 Å². The molecule has 86 valence electrons. The van der Waals surface area contributed by atoms with Crippen molar-refractivity contribution in [2.45, 2.75) is 19.3 Å². The Labute approximate surface area is 93.6 Å². The number of halogens is 1. The van der Waals surface area contributed by atoms with Crippen LogP contribution in [0.15, 0.2) is 12.1 Å². The minimum Gasteiger partial charge on any atom is -0.496 e. The molecule has 0 saturated carbocycles. The quantitative estimate of drug-likeness (QED) is 0.829. The molecule has 0 bridgehead atoms. The van der Waals surface area contributed by atoms with Gasteiger partial charge in [-0.15, -0.1) is 0 Å². The monoisotopic (exact) mass is 223 g/mol. The van der Waals surface area contributed by atoms with Gasteiger partial charge in [0.25, 0.3) is 0 Å². The Kier molecular flexibility index (Phi) is 2.81. The molecule has 1 saturated heterocycles. The number of rotatable bonds is 2. The smallest absolute Gasteiger partial charge is 0.220 e. The minimum absolute atomic E-state index is 0.0159. The average molecular weight is 223 g/mol. The second-order valence-corrected chi connectivity index (χ2v) is 4.05. The van der Waals surface area contributed by atoms with E-state index in [0.717, 1.165) is 5.56 Å². The number of carbonyl (C=O) groups excluding carboxylic acids is 1. The van der Waals surface area contributed by atoms with Crippen LogP contribution in [0.2, 0.25) is 0 Å². The lowest BCUT2D eigenvalue weighted by Gasteiger charge is -2.12. The molecule has 0 spiro atoms. The normalized spacial score (nSPS) is 19.7. The number of aryl methyl sites for hydroxylation is 1. The van der Waals surface area contributed by atoms with Crippen molar-refractivity contribution in [3.63, 3.8) is 0 Å². The molecule has 1 aliphatic heterocycles. The summed E-state index contributed by atoms with van der Waals surface area (Å²) in [6.45, 7) is 2.38. The first-order valence-corrected chi connectivity index (χ1v) is 5.22. The van der Waals surface area contributed by atoms with Gasteiger partial charge in [-0.1, -0.05) is 0 Å². The molecule has 1 heterocycles. The van der Waals surface area contributed by atoms with Gasteiger partial charge < -0.3 is 10.1 Å². The maximum absolute atomic E-state index is 13.8. The lowest BCUT2D eigenvalue weighted by molar-refractivity contribution is -0.119. The van der Waals surface area contributed by atoms with Gasteiger partial charge in [0.1, 0.15) is 11.6 Å². The van der Waals surface area contributed by atoms with E-state index < -0.39 is 0 Å². The Morgan fingerprint density at radius 3 is 2.81 bits per heavy atom. The lowest BCUT2D eigenvalue weighted by atomic mass is 9.96. The van der Waals surface area contributed by atoms with E-state index in [4.69, 9.17) is 4.74 Å². The number of benzene rings is 1. The van der Waals surface area contributed by atoms with Gasteiger partial charge in [-0.2, -0.15) is 0 Å². The lowest BCUT2D eigenvalue weighted by Crippen LogP contribution is -2.13. The fraction of sp³-hybridized carbons (Fsp3) is 0.417. The third kappa shape index (κ3) is 1.87. The standard InChI is InChI=1S/C12H14FNO2/c1-7-3-9(8-4-12(15)14-6-8)10(13)5-11(7)16-2/h3,5,8H,4,6H2,1-2H3,(H,14,15). The summed E-state index contributed by atoms with van der Waals surface area (Å²) >= 11 is 0.